The minimum Gasteiger partial charge on any atom is -0.381 e. The van der Waals surface area contributed by atoms with Crippen LogP contribution in [0.4, 0.5) is 0 Å². The number of aromatic nitrogens is 3. The lowest BCUT2D eigenvalue weighted by atomic mass is 10.0. The lowest BCUT2D eigenvalue weighted by Gasteiger charge is -2.32. The Kier molecular flexibility index (Phi) is 6.50. The molecule has 8 nitrogen and oxygen atoms in total. The first-order chi connectivity index (χ1) is 15.8. The largest absolute Gasteiger partial charge is 0.381 e. The van der Waals surface area contributed by atoms with E-state index in [9.17, 15) is 4.79 Å². The van der Waals surface area contributed by atoms with Gasteiger partial charge in [-0.25, -0.2) is 0 Å². The standard InChI is InChI=1S/C24H30N4O4/c29-23(15-18-16-25-21-4-2-1-3-20(18)21)28-10-5-19(6-11-28)31-14-9-22-26-24(32-27-22)17-7-12-30-13-8-17/h1-4,16-17,19,25H,5-15H2. The molecule has 0 bridgehead atoms. The number of H-pyrrole nitrogens is 1. The minimum atomic E-state index is 0.175. The Morgan fingerprint density at radius 2 is 1.97 bits per heavy atom. The van der Waals surface area contributed by atoms with Crippen molar-refractivity contribution in [3.63, 3.8) is 0 Å². The third-order valence-electron chi connectivity index (χ3n) is 6.54. The number of fused-ring (bicyclic) bond motifs is 1. The maximum absolute atomic E-state index is 12.8. The molecule has 0 aliphatic carbocycles. The van der Waals surface area contributed by atoms with E-state index in [1.54, 1.807) is 0 Å². The van der Waals surface area contributed by atoms with Gasteiger partial charge in [0.05, 0.1) is 19.1 Å². The average Bonchev–Trinajstić information content (AvgIpc) is 3.48. The van der Waals surface area contributed by atoms with Crippen molar-refractivity contribution < 1.29 is 18.8 Å². The van der Waals surface area contributed by atoms with E-state index < -0.39 is 0 Å². The number of para-hydroxylation sites is 1. The van der Waals surface area contributed by atoms with Crippen molar-refractivity contribution in [3.05, 3.63) is 47.7 Å². The summed E-state index contributed by atoms with van der Waals surface area (Å²) in [7, 11) is 0. The molecule has 1 N–H and O–H groups in total. The lowest BCUT2D eigenvalue weighted by molar-refractivity contribution is -0.133. The summed E-state index contributed by atoms with van der Waals surface area (Å²) in [4.78, 5) is 22.5. The second-order valence-corrected chi connectivity index (χ2v) is 8.67. The van der Waals surface area contributed by atoms with Crippen molar-refractivity contribution in [3.8, 4) is 0 Å². The van der Waals surface area contributed by atoms with Crippen LogP contribution in [0.25, 0.3) is 10.9 Å². The number of aromatic amines is 1. The van der Waals surface area contributed by atoms with Gasteiger partial charge in [-0.15, -0.1) is 0 Å². The Balaban J connectivity index is 1.04. The summed E-state index contributed by atoms with van der Waals surface area (Å²) in [6, 6.07) is 8.10. The number of hydrogen-bond donors (Lipinski definition) is 1. The molecule has 3 aromatic rings. The third-order valence-corrected chi connectivity index (χ3v) is 6.54. The Hall–Kier alpha value is -2.71. The van der Waals surface area contributed by atoms with Crippen LogP contribution in [0.5, 0.6) is 0 Å². The summed E-state index contributed by atoms with van der Waals surface area (Å²) in [6.07, 6.45) is 6.80. The molecular weight excluding hydrogens is 408 g/mol. The molecule has 1 amide bonds. The predicted octanol–water partition coefficient (Wildman–Crippen LogP) is 3.24. The highest BCUT2D eigenvalue weighted by Crippen LogP contribution is 2.25. The van der Waals surface area contributed by atoms with Crippen LogP contribution >= 0.6 is 0 Å². The molecule has 5 rings (SSSR count). The van der Waals surface area contributed by atoms with Gasteiger partial charge in [-0.3, -0.25) is 4.79 Å². The number of hydrogen-bond acceptors (Lipinski definition) is 6. The number of likely N-dealkylation sites (tertiary alicyclic amines) is 1. The summed E-state index contributed by atoms with van der Waals surface area (Å²) in [5.74, 6) is 1.93. The molecule has 0 radical (unpaired) electrons. The second kappa shape index (κ2) is 9.83. The van der Waals surface area contributed by atoms with Crippen molar-refractivity contribution in [2.45, 2.75) is 50.5 Å². The van der Waals surface area contributed by atoms with Gasteiger partial charge in [0.2, 0.25) is 11.8 Å². The highest BCUT2D eigenvalue weighted by molar-refractivity contribution is 5.88. The fraction of sp³-hybridized carbons (Fsp3) is 0.542. The average molecular weight is 439 g/mol. The summed E-state index contributed by atoms with van der Waals surface area (Å²) < 4.78 is 16.9. The quantitative estimate of drug-likeness (QED) is 0.609. The first-order valence-electron chi connectivity index (χ1n) is 11.6. The van der Waals surface area contributed by atoms with Crippen molar-refractivity contribution in [1.29, 1.82) is 0 Å². The molecule has 0 unspecified atom stereocenters. The molecule has 4 heterocycles. The predicted molar refractivity (Wildman–Crippen MR) is 118 cm³/mol. The molecular formula is C24H30N4O4. The van der Waals surface area contributed by atoms with E-state index in [1.807, 2.05) is 29.3 Å². The Morgan fingerprint density at radius 3 is 2.81 bits per heavy atom. The first kappa shape index (κ1) is 21.2. The van der Waals surface area contributed by atoms with Gasteiger partial charge in [-0.05, 0) is 37.3 Å². The Labute approximate surface area is 187 Å². The molecule has 2 aliphatic heterocycles. The van der Waals surface area contributed by atoms with Crippen LogP contribution in [-0.4, -0.2) is 64.9 Å². The maximum Gasteiger partial charge on any atom is 0.229 e. The van der Waals surface area contributed by atoms with Crippen LogP contribution in [-0.2, 0) is 27.1 Å². The molecule has 8 heteroatoms. The fourth-order valence-electron chi connectivity index (χ4n) is 4.62. The zero-order chi connectivity index (χ0) is 21.8. The van der Waals surface area contributed by atoms with E-state index in [4.69, 9.17) is 14.0 Å². The van der Waals surface area contributed by atoms with Crippen molar-refractivity contribution in [2.24, 2.45) is 0 Å². The molecule has 2 aromatic heterocycles. The van der Waals surface area contributed by atoms with Gasteiger partial charge in [0.1, 0.15) is 0 Å². The van der Waals surface area contributed by atoms with E-state index in [1.165, 1.54) is 0 Å². The molecule has 2 saturated heterocycles. The Bertz CT molecular complexity index is 1030. The van der Waals surface area contributed by atoms with Crippen LogP contribution in [0.3, 0.4) is 0 Å². The fourth-order valence-corrected chi connectivity index (χ4v) is 4.62. The number of rotatable bonds is 7. The number of nitrogens with one attached hydrogen (secondary N) is 1. The number of nitrogens with zero attached hydrogens (tertiary/aromatic N) is 3. The molecule has 2 fully saturated rings. The monoisotopic (exact) mass is 438 g/mol. The van der Waals surface area contributed by atoms with Crippen molar-refractivity contribution in [1.82, 2.24) is 20.0 Å². The molecule has 0 spiro atoms. The summed E-state index contributed by atoms with van der Waals surface area (Å²) >= 11 is 0. The summed E-state index contributed by atoms with van der Waals surface area (Å²) in [5.41, 5.74) is 2.13. The number of piperidine rings is 1. The van der Waals surface area contributed by atoms with E-state index in [2.05, 4.69) is 21.2 Å². The van der Waals surface area contributed by atoms with Gasteiger partial charge in [0, 0.05) is 55.7 Å². The highest BCUT2D eigenvalue weighted by atomic mass is 16.5. The molecule has 1 aromatic carbocycles. The topological polar surface area (TPSA) is 93.5 Å². The molecule has 2 aliphatic rings. The van der Waals surface area contributed by atoms with Gasteiger partial charge in [-0.1, -0.05) is 23.4 Å². The van der Waals surface area contributed by atoms with Crippen LogP contribution in [0.1, 0.15) is 48.9 Å². The zero-order valence-electron chi connectivity index (χ0n) is 18.3. The van der Waals surface area contributed by atoms with E-state index >= 15 is 0 Å². The van der Waals surface area contributed by atoms with Crippen LogP contribution in [0.15, 0.2) is 35.0 Å². The zero-order valence-corrected chi connectivity index (χ0v) is 18.3. The summed E-state index contributed by atoms with van der Waals surface area (Å²) in [5, 5.41) is 5.23. The number of ether oxygens (including phenoxy) is 2. The molecule has 0 atom stereocenters. The molecule has 0 saturated carbocycles. The van der Waals surface area contributed by atoms with E-state index in [0.717, 1.165) is 74.3 Å². The number of benzene rings is 1. The number of carbonyl (C=O) groups excluding carboxylic acids is 1. The molecule has 170 valence electrons. The van der Waals surface area contributed by atoms with Crippen LogP contribution < -0.4 is 0 Å². The van der Waals surface area contributed by atoms with Crippen LogP contribution in [0.2, 0.25) is 0 Å². The second-order valence-electron chi connectivity index (χ2n) is 8.67. The van der Waals surface area contributed by atoms with Gasteiger partial charge in [0.25, 0.3) is 0 Å². The van der Waals surface area contributed by atoms with Crippen molar-refractivity contribution >= 4 is 16.8 Å². The normalized spacial score (nSPS) is 18.4. The lowest BCUT2D eigenvalue weighted by Crippen LogP contribution is -2.41. The van der Waals surface area contributed by atoms with Gasteiger partial charge < -0.3 is 23.9 Å². The van der Waals surface area contributed by atoms with Gasteiger partial charge >= 0.3 is 0 Å². The Morgan fingerprint density at radius 1 is 1.16 bits per heavy atom. The highest BCUT2D eigenvalue weighted by Gasteiger charge is 2.25. The first-order valence-corrected chi connectivity index (χ1v) is 11.6. The SMILES string of the molecule is O=C(Cc1c[nH]c2ccccc12)N1CCC(OCCc2noc(C3CCOCC3)n2)CC1. The maximum atomic E-state index is 12.8. The smallest absolute Gasteiger partial charge is 0.229 e. The minimum absolute atomic E-state index is 0.175. The van der Waals surface area contributed by atoms with E-state index in [0.29, 0.717) is 31.2 Å². The van der Waals surface area contributed by atoms with Crippen LogP contribution in [0, 0.1) is 0 Å². The number of carbonyl (C=O) groups is 1. The molecule has 32 heavy (non-hydrogen) atoms. The van der Waals surface area contributed by atoms with Crippen molar-refractivity contribution in [2.75, 3.05) is 32.9 Å². The number of amides is 1. The third kappa shape index (κ3) is 4.86. The van der Waals surface area contributed by atoms with E-state index in [-0.39, 0.29) is 12.0 Å². The van der Waals surface area contributed by atoms with Gasteiger partial charge in [-0.2, -0.15) is 4.98 Å². The summed E-state index contributed by atoms with van der Waals surface area (Å²) in [6.45, 7) is 3.56. The van der Waals surface area contributed by atoms with Gasteiger partial charge in [0.15, 0.2) is 5.82 Å².